The van der Waals surface area contributed by atoms with Gasteiger partial charge in [-0.15, -0.1) is 0 Å². The van der Waals surface area contributed by atoms with E-state index in [0.29, 0.717) is 22.5 Å². The average molecular weight is 425 g/mol. The molecule has 0 aliphatic carbocycles. The van der Waals surface area contributed by atoms with Gasteiger partial charge < -0.3 is 10.6 Å². The third-order valence-electron chi connectivity index (χ3n) is 5.25. The molecule has 6 nitrogen and oxygen atoms in total. The lowest BCUT2D eigenvalue weighted by Gasteiger charge is -2.08. The van der Waals surface area contributed by atoms with Crippen LogP contribution in [0.3, 0.4) is 0 Å². The lowest BCUT2D eigenvalue weighted by molar-refractivity contribution is 0.0962. The minimum absolute atomic E-state index is 0.177. The van der Waals surface area contributed by atoms with Crippen LogP contribution in [0.25, 0.3) is 16.9 Å². The molecule has 1 aromatic heterocycles. The zero-order chi connectivity index (χ0) is 22.7. The molecule has 0 atom stereocenters. The number of nitrogens with one attached hydrogen (secondary N) is 2. The van der Waals surface area contributed by atoms with E-state index in [1.54, 1.807) is 42.2 Å². The fourth-order valence-electron chi connectivity index (χ4n) is 3.58. The number of aromatic nitrogens is 2. The first-order chi connectivity index (χ1) is 15.5. The lowest BCUT2D eigenvalue weighted by atomic mass is 10.0. The Balaban J connectivity index is 1.72. The molecular weight excluding hydrogens is 400 g/mol. The Bertz CT molecular complexity index is 1280. The zero-order valence-electron chi connectivity index (χ0n) is 18.2. The SMILES string of the molecule is CNC(=O)c1ccc(NC(=O)c2cn(-c3ccccc3)nc2-c2ccc(C)cc2C)cc1. The molecule has 0 saturated heterocycles. The number of amides is 2. The van der Waals surface area contributed by atoms with E-state index < -0.39 is 0 Å². The highest BCUT2D eigenvalue weighted by atomic mass is 16.2. The van der Waals surface area contributed by atoms with Crippen molar-refractivity contribution in [2.45, 2.75) is 13.8 Å². The van der Waals surface area contributed by atoms with Crippen molar-refractivity contribution in [2.24, 2.45) is 0 Å². The van der Waals surface area contributed by atoms with Crippen LogP contribution >= 0.6 is 0 Å². The van der Waals surface area contributed by atoms with E-state index >= 15 is 0 Å². The molecule has 32 heavy (non-hydrogen) atoms. The van der Waals surface area contributed by atoms with Crippen LogP contribution in [-0.2, 0) is 0 Å². The van der Waals surface area contributed by atoms with Crippen molar-refractivity contribution in [2.75, 3.05) is 12.4 Å². The van der Waals surface area contributed by atoms with Gasteiger partial charge in [-0.3, -0.25) is 9.59 Å². The van der Waals surface area contributed by atoms with Crippen LogP contribution in [0.5, 0.6) is 0 Å². The van der Waals surface area contributed by atoms with Crippen LogP contribution in [-0.4, -0.2) is 28.6 Å². The quantitative estimate of drug-likeness (QED) is 0.485. The summed E-state index contributed by atoms with van der Waals surface area (Å²) in [4.78, 5) is 25.0. The Labute approximate surface area is 186 Å². The van der Waals surface area contributed by atoms with Crippen LogP contribution in [0.15, 0.2) is 79.0 Å². The predicted octanol–water partition coefficient (Wildman–Crippen LogP) is 4.77. The molecule has 0 saturated carbocycles. The summed E-state index contributed by atoms with van der Waals surface area (Å²) in [5, 5.41) is 10.3. The first-order valence-electron chi connectivity index (χ1n) is 10.3. The van der Waals surface area contributed by atoms with Gasteiger partial charge >= 0.3 is 0 Å². The molecule has 0 aliphatic rings. The Hall–Kier alpha value is -4.19. The second-order valence-electron chi connectivity index (χ2n) is 7.60. The number of hydrogen-bond acceptors (Lipinski definition) is 3. The molecule has 2 N–H and O–H groups in total. The van der Waals surface area contributed by atoms with Crippen LogP contribution in [0.2, 0.25) is 0 Å². The molecule has 3 aromatic carbocycles. The van der Waals surface area contributed by atoms with E-state index in [-0.39, 0.29) is 11.8 Å². The van der Waals surface area contributed by atoms with Crippen molar-refractivity contribution >= 4 is 17.5 Å². The summed E-state index contributed by atoms with van der Waals surface area (Å²) >= 11 is 0. The van der Waals surface area contributed by atoms with Gasteiger partial charge in [0.2, 0.25) is 0 Å². The second kappa shape index (κ2) is 8.89. The third-order valence-corrected chi connectivity index (χ3v) is 5.25. The largest absolute Gasteiger partial charge is 0.355 e. The molecule has 0 bridgehead atoms. The lowest BCUT2D eigenvalue weighted by Crippen LogP contribution is -2.18. The predicted molar refractivity (Wildman–Crippen MR) is 126 cm³/mol. The van der Waals surface area contributed by atoms with Gasteiger partial charge in [0.05, 0.1) is 11.3 Å². The summed E-state index contributed by atoms with van der Waals surface area (Å²) in [6, 6.07) is 22.5. The molecule has 160 valence electrons. The Morgan fingerprint density at radius 2 is 1.59 bits per heavy atom. The molecule has 6 heteroatoms. The fraction of sp³-hybridized carbons (Fsp3) is 0.115. The third kappa shape index (κ3) is 4.30. The highest BCUT2D eigenvalue weighted by Gasteiger charge is 2.20. The summed E-state index contributed by atoms with van der Waals surface area (Å²) in [5.74, 6) is -0.445. The minimum Gasteiger partial charge on any atom is -0.355 e. The summed E-state index contributed by atoms with van der Waals surface area (Å²) < 4.78 is 1.72. The second-order valence-corrected chi connectivity index (χ2v) is 7.60. The van der Waals surface area contributed by atoms with Crippen LogP contribution in [0, 0.1) is 13.8 Å². The Morgan fingerprint density at radius 1 is 0.875 bits per heavy atom. The first kappa shape index (κ1) is 21.1. The van der Waals surface area contributed by atoms with Gasteiger partial charge in [-0.2, -0.15) is 5.10 Å². The van der Waals surface area contributed by atoms with Gasteiger partial charge in [0.1, 0.15) is 5.69 Å². The van der Waals surface area contributed by atoms with Crippen LogP contribution < -0.4 is 10.6 Å². The molecule has 2 amide bonds. The van der Waals surface area contributed by atoms with Crippen molar-refractivity contribution in [3.8, 4) is 16.9 Å². The maximum absolute atomic E-state index is 13.3. The number of carbonyl (C=O) groups excluding carboxylic acids is 2. The highest BCUT2D eigenvalue weighted by Crippen LogP contribution is 2.28. The topological polar surface area (TPSA) is 76.0 Å². The first-order valence-corrected chi connectivity index (χ1v) is 10.3. The number of aryl methyl sites for hydroxylation is 2. The molecule has 0 aliphatic heterocycles. The summed E-state index contributed by atoms with van der Waals surface area (Å²) in [6.45, 7) is 4.05. The normalized spacial score (nSPS) is 10.6. The van der Waals surface area contributed by atoms with Gasteiger partial charge in [0.15, 0.2) is 0 Å². The van der Waals surface area contributed by atoms with Crippen molar-refractivity contribution in [1.29, 1.82) is 0 Å². The van der Waals surface area contributed by atoms with E-state index in [1.807, 2.05) is 56.3 Å². The Morgan fingerprint density at radius 3 is 2.25 bits per heavy atom. The zero-order valence-corrected chi connectivity index (χ0v) is 18.2. The molecular formula is C26H24N4O2. The highest BCUT2D eigenvalue weighted by molar-refractivity contribution is 6.08. The van der Waals surface area contributed by atoms with Crippen LogP contribution in [0.4, 0.5) is 5.69 Å². The van der Waals surface area contributed by atoms with Crippen molar-refractivity contribution in [3.05, 3.63) is 101 Å². The van der Waals surface area contributed by atoms with Gasteiger partial charge in [0.25, 0.3) is 11.8 Å². The molecule has 0 radical (unpaired) electrons. The molecule has 1 heterocycles. The van der Waals surface area contributed by atoms with E-state index in [0.717, 1.165) is 22.4 Å². The van der Waals surface area contributed by atoms with E-state index in [2.05, 4.69) is 16.7 Å². The smallest absolute Gasteiger partial charge is 0.259 e. The number of para-hydroxylation sites is 1. The number of hydrogen-bond donors (Lipinski definition) is 2. The fourth-order valence-corrected chi connectivity index (χ4v) is 3.58. The van der Waals surface area contributed by atoms with E-state index in [4.69, 9.17) is 5.10 Å². The monoisotopic (exact) mass is 424 g/mol. The van der Waals surface area contributed by atoms with Gasteiger partial charge in [0, 0.05) is 30.1 Å². The van der Waals surface area contributed by atoms with Crippen molar-refractivity contribution < 1.29 is 9.59 Å². The molecule has 0 unspecified atom stereocenters. The summed E-state index contributed by atoms with van der Waals surface area (Å²) in [6.07, 6.45) is 1.75. The molecule has 4 aromatic rings. The van der Waals surface area contributed by atoms with E-state index in [9.17, 15) is 9.59 Å². The van der Waals surface area contributed by atoms with Crippen LogP contribution in [0.1, 0.15) is 31.8 Å². The standard InChI is InChI=1S/C26H24N4O2/c1-17-9-14-22(18(2)15-17)24-23(16-30(29-24)21-7-5-4-6-8-21)26(32)28-20-12-10-19(11-13-20)25(31)27-3/h4-16H,1-3H3,(H,27,31)(H,28,32). The number of rotatable bonds is 5. The van der Waals surface area contributed by atoms with Crippen molar-refractivity contribution in [3.63, 3.8) is 0 Å². The van der Waals surface area contributed by atoms with Crippen molar-refractivity contribution in [1.82, 2.24) is 15.1 Å². The van der Waals surface area contributed by atoms with Gasteiger partial charge in [-0.1, -0.05) is 42.0 Å². The number of benzene rings is 3. The number of nitrogens with zero attached hydrogens (tertiary/aromatic N) is 2. The van der Waals surface area contributed by atoms with E-state index in [1.165, 1.54) is 0 Å². The average Bonchev–Trinajstić information content (AvgIpc) is 3.25. The maximum Gasteiger partial charge on any atom is 0.259 e. The van der Waals surface area contributed by atoms with Gasteiger partial charge in [-0.05, 0) is 55.8 Å². The number of anilines is 1. The number of carbonyl (C=O) groups is 2. The Kier molecular flexibility index (Phi) is 5.85. The minimum atomic E-state index is -0.269. The summed E-state index contributed by atoms with van der Waals surface area (Å²) in [5.41, 5.74) is 6.18. The van der Waals surface area contributed by atoms with Gasteiger partial charge in [-0.25, -0.2) is 4.68 Å². The molecule has 0 spiro atoms. The molecule has 0 fully saturated rings. The maximum atomic E-state index is 13.3. The summed E-state index contributed by atoms with van der Waals surface area (Å²) in [7, 11) is 1.58. The molecule has 4 rings (SSSR count).